The standard InChI is InChI=1S/C13H18N2O3.H3NO2S/c1-14-8-6-11(7-9-14)10-18-13-5-3-2-4-12(13)15(16)17;1-4(2)3/h2-5,11H,6-10H2,1H3;1H2,(H,2,3)/p-1. The third-order valence-corrected chi connectivity index (χ3v) is 3.37. The number of likely N-dealkylation sites (tertiary alicyclic amines) is 1. The molecule has 0 spiro atoms. The van der Waals surface area contributed by atoms with Crippen LogP contribution < -0.4 is 9.88 Å². The number of nitro groups is 1. The molecule has 1 aromatic carbocycles. The molecule has 0 saturated carbocycles. The van der Waals surface area contributed by atoms with E-state index < -0.39 is 16.2 Å². The van der Waals surface area contributed by atoms with E-state index >= 15 is 0 Å². The molecule has 124 valence electrons. The van der Waals surface area contributed by atoms with Crippen molar-refractivity contribution in [2.24, 2.45) is 11.1 Å². The Kier molecular flexibility index (Phi) is 7.96. The number of nitro benzene ring substituents is 1. The summed E-state index contributed by atoms with van der Waals surface area (Å²) in [6.45, 7) is 2.72. The first kappa shape index (κ1) is 18.5. The Hall–Kier alpha value is -1.55. The molecule has 1 aliphatic rings. The lowest BCUT2D eigenvalue weighted by Gasteiger charge is -2.28. The Balaban J connectivity index is 0.000000541. The van der Waals surface area contributed by atoms with Gasteiger partial charge in [0.2, 0.25) is 0 Å². The van der Waals surface area contributed by atoms with E-state index in [9.17, 15) is 10.1 Å². The lowest BCUT2D eigenvalue weighted by molar-refractivity contribution is -0.385. The van der Waals surface area contributed by atoms with E-state index in [1.807, 2.05) is 0 Å². The fourth-order valence-corrected chi connectivity index (χ4v) is 2.17. The van der Waals surface area contributed by atoms with Gasteiger partial charge >= 0.3 is 5.69 Å². The summed E-state index contributed by atoms with van der Waals surface area (Å²) in [4.78, 5) is 12.7. The predicted molar refractivity (Wildman–Crippen MR) is 81.9 cm³/mol. The summed E-state index contributed by atoms with van der Waals surface area (Å²) in [5, 5.41) is 14.9. The molecular weight excluding hydrogens is 310 g/mol. The molecular formula is C13H20N3O5S-. The van der Waals surface area contributed by atoms with Gasteiger partial charge in [-0.05, 0) is 45.0 Å². The van der Waals surface area contributed by atoms with Crippen LogP contribution in [-0.2, 0) is 11.3 Å². The third-order valence-electron chi connectivity index (χ3n) is 3.37. The Morgan fingerprint density at radius 2 is 1.95 bits per heavy atom. The topological polar surface area (TPSA) is 122 Å². The fourth-order valence-electron chi connectivity index (χ4n) is 2.17. The van der Waals surface area contributed by atoms with Crippen LogP contribution >= 0.6 is 0 Å². The number of hydrogen-bond donors (Lipinski definition) is 1. The number of nitrogens with zero attached hydrogens (tertiary/aromatic N) is 2. The van der Waals surface area contributed by atoms with Crippen LogP contribution in [0.3, 0.4) is 0 Å². The van der Waals surface area contributed by atoms with Gasteiger partial charge in [-0.2, -0.15) is 0 Å². The SMILES string of the molecule is CN1CCC(COc2ccccc2[N+](=O)[O-])CC1.NS(=O)[O-]. The maximum atomic E-state index is 10.8. The molecule has 2 N–H and O–H groups in total. The lowest BCUT2D eigenvalue weighted by atomic mass is 9.98. The molecule has 1 unspecified atom stereocenters. The zero-order valence-electron chi connectivity index (χ0n) is 12.3. The second-order valence-electron chi connectivity index (χ2n) is 5.04. The molecule has 0 radical (unpaired) electrons. The minimum Gasteiger partial charge on any atom is -0.760 e. The van der Waals surface area contributed by atoms with Gasteiger partial charge in [0, 0.05) is 17.3 Å². The first-order valence-corrected chi connectivity index (χ1v) is 7.92. The average molecular weight is 330 g/mol. The number of nitrogens with two attached hydrogens (primary N) is 1. The Morgan fingerprint density at radius 3 is 2.50 bits per heavy atom. The molecule has 1 fully saturated rings. The zero-order chi connectivity index (χ0) is 16.5. The summed E-state index contributed by atoms with van der Waals surface area (Å²) in [5.74, 6) is 0.877. The maximum Gasteiger partial charge on any atom is 0.310 e. The molecule has 0 aromatic heterocycles. The minimum atomic E-state index is -2.36. The number of rotatable bonds is 4. The van der Waals surface area contributed by atoms with Crippen molar-refractivity contribution < 1.29 is 18.4 Å². The zero-order valence-corrected chi connectivity index (χ0v) is 13.2. The van der Waals surface area contributed by atoms with Crippen LogP contribution in [0.2, 0.25) is 0 Å². The van der Waals surface area contributed by atoms with Crippen molar-refractivity contribution in [1.29, 1.82) is 0 Å². The highest BCUT2D eigenvalue weighted by atomic mass is 32.2. The van der Waals surface area contributed by atoms with E-state index in [1.165, 1.54) is 6.07 Å². The van der Waals surface area contributed by atoms with Gasteiger partial charge in [-0.15, -0.1) is 0 Å². The van der Waals surface area contributed by atoms with E-state index in [0.29, 0.717) is 18.3 Å². The van der Waals surface area contributed by atoms with Crippen LogP contribution in [0.15, 0.2) is 24.3 Å². The van der Waals surface area contributed by atoms with E-state index in [0.717, 1.165) is 25.9 Å². The van der Waals surface area contributed by atoms with Gasteiger partial charge in [0.1, 0.15) is 0 Å². The van der Waals surface area contributed by atoms with Gasteiger partial charge in [0.05, 0.1) is 11.5 Å². The molecule has 8 nitrogen and oxygen atoms in total. The fraction of sp³-hybridized carbons (Fsp3) is 0.538. The van der Waals surface area contributed by atoms with Crippen molar-refractivity contribution in [2.45, 2.75) is 12.8 Å². The number of benzene rings is 1. The summed E-state index contributed by atoms with van der Waals surface area (Å²) in [7, 11) is 2.11. The van der Waals surface area contributed by atoms with Crippen LogP contribution in [0, 0.1) is 16.0 Å². The molecule has 1 atom stereocenters. The number of hydrogen-bond acceptors (Lipinski definition) is 6. The van der Waals surface area contributed by atoms with Gasteiger partial charge < -0.3 is 14.2 Å². The Labute approximate surface area is 131 Å². The summed E-state index contributed by atoms with van der Waals surface area (Å²) in [6.07, 6.45) is 2.19. The van der Waals surface area contributed by atoms with Crippen LogP contribution in [0.1, 0.15) is 12.8 Å². The van der Waals surface area contributed by atoms with Crippen molar-refractivity contribution in [1.82, 2.24) is 4.90 Å². The van der Waals surface area contributed by atoms with E-state index in [-0.39, 0.29) is 5.69 Å². The second kappa shape index (κ2) is 9.46. The molecule has 0 amide bonds. The first-order valence-electron chi connectivity index (χ1n) is 6.78. The lowest BCUT2D eigenvalue weighted by Crippen LogP contribution is -2.32. The number of piperidine rings is 1. The molecule has 2 rings (SSSR count). The van der Waals surface area contributed by atoms with Gasteiger partial charge in [-0.25, -0.2) is 0 Å². The molecule has 1 aliphatic heterocycles. The van der Waals surface area contributed by atoms with Gasteiger partial charge in [-0.3, -0.25) is 19.5 Å². The van der Waals surface area contributed by atoms with Gasteiger partial charge in [-0.1, -0.05) is 12.1 Å². The van der Waals surface area contributed by atoms with Crippen molar-refractivity contribution in [3.63, 3.8) is 0 Å². The molecule has 22 heavy (non-hydrogen) atoms. The minimum absolute atomic E-state index is 0.0467. The highest BCUT2D eigenvalue weighted by molar-refractivity contribution is 7.76. The van der Waals surface area contributed by atoms with Crippen LogP contribution in [-0.4, -0.2) is 45.3 Å². The van der Waals surface area contributed by atoms with Crippen molar-refractivity contribution >= 4 is 17.0 Å². The number of para-hydroxylation sites is 2. The van der Waals surface area contributed by atoms with Crippen molar-refractivity contribution in [2.75, 3.05) is 26.7 Å². The molecule has 1 aromatic rings. The van der Waals surface area contributed by atoms with E-state index in [4.69, 9.17) is 13.5 Å². The van der Waals surface area contributed by atoms with Crippen molar-refractivity contribution in [3.05, 3.63) is 34.4 Å². The monoisotopic (exact) mass is 330 g/mol. The van der Waals surface area contributed by atoms with E-state index in [1.54, 1.807) is 18.2 Å². The maximum absolute atomic E-state index is 10.8. The van der Waals surface area contributed by atoms with Gasteiger partial charge in [0.25, 0.3) is 0 Å². The molecule has 0 bridgehead atoms. The Bertz CT molecular complexity index is 502. The first-order chi connectivity index (χ1) is 10.4. The van der Waals surface area contributed by atoms with Crippen LogP contribution in [0.25, 0.3) is 0 Å². The quantitative estimate of drug-likeness (QED) is 0.500. The summed E-state index contributed by atoms with van der Waals surface area (Å²) in [5.41, 5.74) is 0.0467. The average Bonchev–Trinajstić information content (AvgIpc) is 2.46. The largest absolute Gasteiger partial charge is 0.760 e. The van der Waals surface area contributed by atoms with E-state index in [2.05, 4.69) is 17.1 Å². The van der Waals surface area contributed by atoms with Gasteiger partial charge in [0.15, 0.2) is 5.75 Å². The summed E-state index contributed by atoms with van der Waals surface area (Å²) in [6, 6.07) is 6.55. The predicted octanol–water partition coefficient (Wildman–Crippen LogP) is 1.05. The molecule has 1 saturated heterocycles. The Morgan fingerprint density at radius 1 is 1.41 bits per heavy atom. The summed E-state index contributed by atoms with van der Waals surface area (Å²) < 4.78 is 23.2. The smallest absolute Gasteiger partial charge is 0.310 e. The van der Waals surface area contributed by atoms with Crippen LogP contribution in [0.5, 0.6) is 5.75 Å². The highest BCUT2D eigenvalue weighted by Crippen LogP contribution is 2.27. The summed E-state index contributed by atoms with van der Waals surface area (Å²) >= 11 is -2.36. The molecule has 1 heterocycles. The normalized spacial score (nSPS) is 17.2. The van der Waals surface area contributed by atoms with Crippen LogP contribution in [0.4, 0.5) is 5.69 Å². The second-order valence-corrected chi connectivity index (χ2v) is 5.56. The molecule has 0 aliphatic carbocycles. The highest BCUT2D eigenvalue weighted by Gasteiger charge is 2.19. The number of ether oxygens (including phenoxy) is 1. The third kappa shape index (κ3) is 6.94. The molecule has 9 heteroatoms. The van der Waals surface area contributed by atoms with Crippen molar-refractivity contribution in [3.8, 4) is 5.75 Å².